The molecule has 1 aliphatic rings. The lowest BCUT2D eigenvalue weighted by Crippen LogP contribution is -2.49. The highest BCUT2D eigenvalue weighted by atomic mass is 19.1. The van der Waals surface area contributed by atoms with Gasteiger partial charge in [-0.2, -0.15) is 0 Å². The lowest BCUT2D eigenvalue weighted by atomic mass is 10.0. The number of halogens is 1. The van der Waals surface area contributed by atoms with Gasteiger partial charge in [0.15, 0.2) is 5.96 Å². The molecule has 0 saturated carbocycles. The zero-order valence-corrected chi connectivity index (χ0v) is 17.7. The minimum Gasteiger partial charge on any atom is -0.496 e. The number of methoxy groups -OCH3 is 1. The second kappa shape index (κ2) is 11.4. The van der Waals surface area contributed by atoms with Gasteiger partial charge in [0.05, 0.1) is 20.3 Å². The fourth-order valence-electron chi connectivity index (χ4n) is 3.59. The van der Waals surface area contributed by atoms with Crippen LogP contribution in [0.3, 0.4) is 0 Å². The lowest BCUT2D eigenvalue weighted by molar-refractivity contribution is 0.123. The van der Waals surface area contributed by atoms with Gasteiger partial charge in [-0.3, -0.25) is 4.99 Å². The molecule has 7 heteroatoms. The Morgan fingerprint density at radius 1 is 1.17 bits per heavy atom. The number of nitrogens with one attached hydrogen (secondary N) is 2. The number of benzene rings is 2. The number of rotatable bonds is 8. The maximum absolute atomic E-state index is 13.4. The standard InChI is InChI=1S/C23H31FN4O2/c1-25-23(26-12-15-30-17-18-6-3-4-9-22(18)29-2)27-20-10-13-28(14-11-20)21-8-5-7-19(24)16-21/h3-9,16,20H,10-15,17H2,1-2H3,(H2,25,26,27). The van der Waals surface area contributed by atoms with Crippen molar-refractivity contribution >= 4 is 11.6 Å². The summed E-state index contributed by atoms with van der Waals surface area (Å²) < 4.78 is 24.5. The van der Waals surface area contributed by atoms with E-state index in [9.17, 15) is 4.39 Å². The molecule has 0 radical (unpaired) electrons. The van der Waals surface area contributed by atoms with Gasteiger partial charge in [0, 0.05) is 44.0 Å². The first-order valence-electron chi connectivity index (χ1n) is 10.4. The van der Waals surface area contributed by atoms with Gasteiger partial charge < -0.3 is 25.0 Å². The van der Waals surface area contributed by atoms with E-state index in [1.165, 1.54) is 6.07 Å². The zero-order chi connectivity index (χ0) is 21.2. The number of hydrogen-bond acceptors (Lipinski definition) is 4. The number of piperidine rings is 1. The zero-order valence-electron chi connectivity index (χ0n) is 17.7. The third-order valence-electron chi connectivity index (χ3n) is 5.22. The molecule has 2 aromatic carbocycles. The molecule has 1 saturated heterocycles. The summed E-state index contributed by atoms with van der Waals surface area (Å²) in [6.45, 7) is 3.52. The van der Waals surface area contributed by atoms with Gasteiger partial charge in [0.1, 0.15) is 11.6 Å². The number of para-hydroxylation sites is 1. The normalized spacial score (nSPS) is 15.2. The van der Waals surface area contributed by atoms with Crippen LogP contribution < -0.4 is 20.3 Å². The average Bonchev–Trinajstić information content (AvgIpc) is 2.78. The molecule has 3 rings (SSSR count). The molecule has 2 aromatic rings. The third kappa shape index (κ3) is 6.35. The Bertz CT molecular complexity index is 822. The van der Waals surface area contributed by atoms with E-state index in [1.54, 1.807) is 26.3 Å². The first-order valence-corrected chi connectivity index (χ1v) is 10.4. The molecule has 0 unspecified atom stereocenters. The molecule has 30 heavy (non-hydrogen) atoms. The van der Waals surface area contributed by atoms with Gasteiger partial charge in [-0.05, 0) is 37.1 Å². The van der Waals surface area contributed by atoms with E-state index in [-0.39, 0.29) is 5.82 Å². The Labute approximate surface area is 178 Å². The summed E-state index contributed by atoms with van der Waals surface area (Å²) >= 11 is 0. The SMILES string of the molecule is CN=C(NCCOCc1ccccc1OC)NC1CCN(c2cccc(F)c2)CC1. The summed E-state index contributed by atoms with van der Waals surface area (Å²) in [5, 5.41) is 6.78. The van der Waals surface area contributed by atoms with Crippen molar-refractivity contribution in [2.24, 2.45) is 4.99 Å². The average molecular weight is 415 g/mol. The summed E-state index contributed by atoms with van der Waals surface area (Å²) in [6, 6.07) is 15.0. The minimum absolute atomic E-state index is 0.190. The Kier molecular flexibility index (Phi) is 8.32. The Morgan fingerprint density at radius 2 is 1.97 bits per heavy atom. The molecule has 0 bridgehead atoms. The van der Waals surface area contributed by atoms with Crippen molar-refractivity contribution in [2.45, 2.75) is 25.5 Å². The molecular formula is C23H31FN4O2. The molecule has 1 aliphatic heterocycles. The summed E-state index contributed by atoms with van der Waals surface area (Å²) in [7, 11) is 3.44. The first-order chi connectivity index (χ1) is 14.7. The van der Waals surface area contributed by atoms with Gasteiger partial charge in [-0.15, -0.1) is 0 Å². The Hall–Kier alpha value is -2.80. The maximum Gasteiger partial charge on any atom is 0.191 e. The summed E-state index contributed by atoms with van der Waals surface area (Å²) in [5.41, 5.74) is 1.98. The largest absolute Gasteiger partial charge is 0.496 e. The van der Waals surface area contributed by atoms with Crippen LogP contribution in [0.15, 0.2) is 53.5 Å². The van der Waals surface area contributed by atoms with Crippen LogP contribution in [0, 0.1) is 5.82 Å². The predicted octanol–water partition coefficient (Wildman–Crippen LogP) is 3.18. The van der Waals surface area contributed by atoms with E-state index in [1.807, 2.05) is 30.3 Å². The van der Waals surface area contributed by atoms with Crippen LogP contribution in [0.4, 0.5) is 10.1 Å². The summed E-state index contributed by atoms with van der Waals surface area (Å²) in [4.78, 5) is 6.54. The molecule has 162 valence electrons. The van der Waals surface area contributed by atoms with Gasteiger partial charge in [0.2, 0.25) is 0 Å². The molecule has 0 amide bonds. The number of ether oxygens (including phenoxy) is 2. The van der Waals surface area contributed by atoms with Crippen molar-refractivity contribution < 1.29 is 13.9 Å². The van der Waals surface area contributed by atoms with Crippen molar-refractivity contribution in [3.05, 3.63) is 59.9 Å². The topological polar surface area (TPSA) is 58.1 Å². The highest BCUT2D eigenvalue weighted by molar-refractivity contribution is 5.80. The van der Waals surface area contributed by atoms with Gasteiger partial charge in [-0.1, -0.05) is 24.3 Å². The van der Waals surface area contributed by atoms with Crippen LogP contribution in [0.1, 0.15) is 18.4 Å². The smallest absolute Gasteiger partial charge is 0.191 e. The van der Waals surface area contributed by atoms with Crippen molar-refractivity contribution in [3.8, 4) is 5.75 Å². The molecule has 1 heterocycles. The van der Waals surface area contributed by atoms with Gasteiger partial charge in [0.25, 0.3) is 0 Å². The van der Waals surface area contributed by atoms with Crippen LogP contribution in [-0.4, -0.2) is 52.4 Å². The molecule has 1 fully saturated rings. The predicted molar refractivity (Wildman–Crippen MR) is 119 cm³/mol. The molecule has 2 N–H and O–H groups in total. The van der Waals surface area contributed by atoms with Crippen LogP contribution in [0.25, 0.3) is 0 Å². The second-order valence-corrected chi connectivity index (χ2v) is 7.25. The van der Waals surface area contributed by atoms with E-state index in [0.29, 0.717) is 25.8 Å². The van der Waals surface area contributed by atoms with Crippen molar-refractivity contribution in [2.75, 3.05) is 45.3 Å². The van der Waals surface area contributed by atoms with Crippen molar-refractivity contribution in [1.82, 2.24) is 10.6 Å². The van der Waals surface area contributed by atoms with Gasteiger partial charge >= 0.3 is 0 Å². The van der Waals surface area contributed by atoms with Crippen LogP contribution in [0.5, 0.6) is 5.75 Å². The van der Waals surface area contributed by atoms with E-state index in [4.69, 9.17) is 9.47 Å². The fraction of sp³-hybridized carbons (Fsp3) is 0.435. The Morgan fingerprint density at radius 3 is 2.70 bits per heavy atom. The number of hydrogen-bond donors (Lipinski definition) is 2. The molecule has 0 aromatic heterocycles. The number of guanidine groups is 1. The van der Waals surface area contributed by atoms with Crippen LogP contribution >= 0.6 is 0 Å². The highest BCUT2D eigenvalue weighted by Crippen LogP contribution is 2.21. The monoisotopic (exact) mass is 414 g/mol. The fourth-order valence-corrected chi connectivity index (χ4v) is 3.59. The lowest BCUT2D eigenvalue weighted by Gasteiger charge is -2.34. The molecular weight excluding hydrogens is 383 g/mol. The second-order valence-electron chi connectivity index (χ2n) is 7.25. The third-order valence-corrected chi connectivity index (χ3v) is 5.22. The molecule has 0 aliphatic carbocycles. The number of aliphatic imine (C=N–C) groups is 1. The van der Waals surface area contributed by atoms with Crippen LogP contribution in [0.2, 0.25) is 0 Å². The molecule has 0 atom stereocenters. The van der Waals surface area contributed by atoms with E-state index < -0.39 is 0 Å². The quantitative estimate of drug-likeness (QED) is 0.395. The summed E-state index contributed by atoms with van der Waals surface area (Å²) in [6.07, 6.45) is 1.95. The number of anilines is 1. The van der Waals surface area contributed by atoms with Gasteiger partial charge in [-0.25, -0.2) is 4.39 Å². The van der Waals surface area contributed by atoms with E-state index in [0.717, 1.165) is 48.9 Å². The Balaban J connectivity index is 1.35. The first kappa shape index (κ1) is 21.9. The highest BCUT2D eigenvalue weighted by Gasteiger charge is 2.20. The van der Waals surface area contributed by atoms with Crippen molar-refractivity contribution in [3.63, 3.8) is 0 Å². The van der Waals surface area contributed by atoms with Crippen LogP contribution in [-0.2, 0) is 11.3 Å². The summed E-state index contributed by atoms with van der Waals surface area (Å²) in [5.74, 6) is 1.43. The minimum atomic E-state index is -0.190. The van der Waals surface area contributed by atoms with E-state index >= 15 is 0 Å². The molecule has 0 spiro atoms. The number of nitrogens with zero attached hydrogens (tertiary/aromatic N) is 2. The molecule has 6 nitrogen and oxygen atoms in total. The van der Waals surface area contributed by atoms with E-state index in [2.05, 4.69) is 20.5 Å². The van der Waals surface area contributed by atoms with Crippen molar-refractivity contribution in [1.29, 1.82) is 0 Å². The maximum atomic E-state index is 13.4.